The average molecular weight is 436 g/mol. The Labute approximate surface area is 189 Å². The highest BCUT2D eigenvalue weighted by Gasteiger charge is 2.19. The van der Waals surface area contributed by atoms with Gasteiger partial charge in [-0.05, 0) is 47.5 Å². The monoisotopic (exact) mass is 436 g/mol. The Morgan fingerprint density at radius 3 is 1.85 bits per heavy atom. The molecule has 0 radical (unpaired) electrons. The zero-order valence-corrected chi connectivity index (χ0v) is 17.7. The van der Waals surface area contributed by atoms with E-state index in [-0.39, 0.29) is 23.7 Å². The van der Waals surface area contributed by atoms with Gasteiger partial charge in [0.05, 0.1) is 17.1 Å². The lowest BCUT2D eigenvalue weighted by Gasteiger charge is -2.21. The summed E-state index contributed by atoms with van der Waals surface area (Å²) < 4.78 is 15.4. The van der Waals surface area contributed by atoms with Crippen LogP contribution in [0.2, 0.25) is 0 Å². The minimum atomic E-state index is -0.434. The maximum atomic E-state index is 13.5. The third-order valence-electron chi connectivity index (χ3n) is 5.82. The summed E-state index contributed by atoms with van der Waals surface area (Å²) in [5, 5.41) is 4.24. The van der Waals surface area contributed by atoms with Gasteiger partial charge < -0.3 is 9.88 Å². The van der Waals surface area contributed by atoms with Gasteiger partial charge in [-0.15, -0.1) is 0 Å². The minimum Gasteiger partial charge on any atom is -0.344 e. The Balaban J connectivity index is 1.55. The Morgan fingerprint density at radius 1 is 0.727 bits per heavy atom. The molecule has 0 fully saturated rings. The van der Waals surface area contributed by atoms with E-state index in [0.29, 0.717) is 21.8 Å². The zero-order valence-electron chi connectivity index (χ0n) is 17.7. The number of fused-ring (bicyclic) bond motifs is 2. The molecule has 5 heteroatoms. The summed E-state index contributed by atoms with van der Waals surface area (Å²) in [7, 11) is 0. The fourth-order valence-corrected chi connectivity index (χ4v) is 4.26. The smallest absolute Gasteiger partial charge is 0.240 e. The van der Waals surface area contributed by atoms with Crippen molar-refractivity contribution in [3.05, 3.63) is 130 Å². The molecule has 1 heterocycles. The largest absolute Gasteiger partial charge is 0.344 e. The molecule has 4 aromatic carbocycles. The van der Waals surface area contributed by atoms with E-state index in [1.54, 1.807) is 24.3 Å². The number of rotatable bonds is 5. The number of nitrogens with zero attached hydrogens (tertiary/aromatic N) is 1. The van der Waals surface area contributed by atoms with E-state index in [9.17, 15) is 14.0 Å². The van der Waals surface area contributed by atoms with Crippen molar-refractivity contribution in [3.63, 3.8) is 0 Å². The first-order chi connectivity index (χ1) is 16.1. The van der Waals surface area contributed by atoms with E-state index in [0.717, 1.165) is 11.1 Å². The second-order valence-electron chi connectivity index (χ2n) is 7.91. The van der Waals surface area contributed by atoms with E-state index in [4.69, 9.17) is 0 Å². The molecule has 0 bridgehead atoms. The molecule has 0 aliphatic heterocycles. The molecule has 4 nitrogen and oxygen atoms in total. The van der Waals surface area contributed by atoms with Crippen LogP contribution >= 0.6 is 0 Å². The summed E-state index contributed by atoms with van der Waals surface area (Å²) in [6.45, 7) is 0.0336. The van der Waals surface area contributed by atoms with Gasteiger partial charge in [0.2, 0.25) is 5.91 Å². The normalized spacial score (nSPS) is 12.0. The van der Waals surface area contributed by atoms with E-state index in [2.05, 4.69) is 5.32 Å². The molecule has 5 rings (SSSR count). The topological polar surface area (TPSA) is 51.1 Å². The zero-order chi connectivity index (χ0) is 22.8. The minimum absolute atomic E-state index is 0.0336. The molecule has 33 heavy (non-hydrogen) atoms. The number of hydrogen-bond donors (Lipinski definition) is 1. The summed E-state index contributed by atoms with van der Waals surface area (Å²) in [5.74, 6) is -0.546. The first kappa shape index (κ1) is 20.6. The third kappa shape index (κ3) is 4.01. The number of benzene rings is 4. The molecule has 5 aromatic rings. The van der Waals surface area contributed by atoms with Gasteiger partial charge in [0, 0.05) is 10.8 Å². The number of aromatic nitrogens is 1. The standard InChI is InChI=1S/C28H21FN2O2/c29-21-16-14-20(15-17-21)27(19-8-2-1-3-9-19)30-26(32)18-31-24-12-6-4-10-22(24)28(33)23-11-5-7-13-25(23)31/h1-17,27H,18H2,(H,30,32). The molecular formula is C28H21FN2O2. The maximum Gasteiger partial charge on any atom is 0.240 e. The molecule has 0 saturated carbocycles. The van der Waals surface area contributed by atoms with E-state index in [1.165, 1.54) is 12.1 Å². The number of hydrogen-bond acceptors (Lipinski definition) is 2. The van der Waals surface area contributed by atoms with Gasteiger partial charge in [-0.3, -0.25) is 9.59 Å². The van der Waals surface area contributed by atoms with Gasteiger partial charge >= 0.3 is 0 Å². The molecule has 0 spiro atoms. The fraction of sp³-hybridized carbons (Fsp3) is 0.0714. The lowest BCUT2D eigenvalue weighted by molar-refractivity contribution is -0.122. The number of amides is 1. The number of pyridine rings is 1. The first-order valence-electron chi connectivity index (χ1n) is 10.7. The number of halogens is 1. The lowest BCUT2D eigenvalue weighted by Crippen LogP contribution is -2.32. The van der Waals surface area contributed by atoms with Crippen molar-refractivity contribution < 1.29 is 9.18 Å². The first-order valence-corrected chi connectivity index (χ1v) is 10.7. The lowest BCUT2D eigenvalue weighted by atomic mass is 9.98. The molecule has 1 amide bonds. The molecule has 0 aliphatic carbocycles. The second kappa shape index (κ2) is 8.71. The van der Waals surface area contributed by atoms with Crippen molar-refractivity contribution in [1.29, 1.82) is 0 Å². The van der Waals surface area contributed by atoms with E-state index in [1.807, 2.05) is 71.3 Å². The van der Waals surface area contributed by atoms with E-state index >= 15 is 0 Å². The number of nitrogens with one attached hydrogen (secondary N) is 1. The summed E-state index contributed by atoms with van der Waals surface area (Å²) >= 11 is 0. The summed E-state index contributed by atoms with van der Waals surface area (Å²) in [5.41, 5.74) is 3.03. The van der Waals surface area contributed by atoms with Crippen molar-refractivity contribution >= 4 is 27.7 Å². The average Bonchev–Trinajstić information content (AvgIpc) is 2.86. The summed E-state index contributed by atoms with van der Waals surface area (Å²) in [6, 6.07) is 29.9. The van der Waals surface area contributed by atoms with Gasteiger partial charge in [-0.1, -0.05) is 66.7 Å². The molecule has 1 atom stereocenters. The summed E-state index contributed by atoms with van der Waals surface area (Å²) in [4.78, 5) is 26.3. The SMILES string of the molecule is O=C(Cn1c2ccccc2c(=O)c2ccccc21)NC(c1ccccc1)c1ccc(F)cc1. The van der Waals surface area contributed by atoms with Crippen LogP contribution in [0.25, 0.3) is 21.8 Å². The molecule has 1 unspecified atom stereocenters. The van der Waals surface area contributed by atoms with Crippen molar-refractivity contribution in [3.8, 4) is 0 Å². The molecular weight excluding hydrogens is 415 g/mol. The van der Waals surface area contributed by atoms with Crippen LogP contribution in [0.1, 0.15) is 17.2 Å². The second-order valence-corrected chi connectivity index (χ2v) is 7.91. The molecule has 162 valence electrons. The summed E-state index contributed by atoms with van der Waals surface area (Å²) in [6.07, 6.45) is 0. The highest BCUT2D eigenvalue weighted by molar-refractivity contribution is 5.94. The van der Waals surface area contributed by atoms with Crippen LogP contribution < -0.4 is 10.7 Å². The van der Waals surface area contributed by atoms with Gasteiger partial charge in [-0.2, -0.15) is 0 Å². The Kier molecular flexibility index (Phi) is 5.45. The van der Waals surface area contributed by atoms with Crippen LogP contribution in [-0.4, -0.2) is 10.5 Å². The Morgan fingerprint density at radius 2 is 1.24 bits per heavy atom. The third-order valence-corrected chi connectivity index (χ3v) is 5.82. The molecule has 1 N–H and O–H groups in total. The predicted molar refractivity (Wildman–Crippen MR) is 129 cm³/mol. The number of carbonyl (C=O) groups is 1. The van der Waals surface area contributed by atoms with E-state index < -0.39 is 6.04 Å². The van der Waals surface area contributed by atoms with Gasteiger partial charge in [0.1, 0.15) is 12.4 Å². The van der Waals surface area contributed by atoms with Crippen LogP contribution in [0.4, 0.5) is 4.39 Å². The van der Waals surface area contributed by atoms with Crippen LogP contribution in [-0.2, 0) is 11.3 Å². The Bertz CT molecular complexity index is 1450. The quantitative estimate of drug-likeness (QED) is 0.385. The molecule has 1 aromatic heterocycles. The van der Waals surface area contributed by atoms with Crippen LogP contribution in [0.15, 0.2) is 108 Å². The van der Waals surface area contributed by atoms with Crippen molar-refractivity contribution in [2.75, 3.05) is 0 Å². The number of para-hydroxylation sites is 2. The van der Waals surface area contributed by atoms with Crippen molar-refractivity contribution in [1.82, 2.24) is 9.88 Å². The fourth-order valence-electron chi connectivity index (χ4n) is 4.26. The highest BCUT2D eigenvalue weighted by Crippen LogP contribution is 2.23. The van der Waals surface area contributed by atoms with Crippen LogP contribution in [0, 0.1) is 5.82 Å². The maximum absolute atomic E-state index is 13.5. The molecule has 0 saturated heterocycles. The van der Waals surface area contributed by atoms with Crippen LogP contribution in [0.5, 0.6) is 0 Å². The van der Waals surface area contributed by atoms with Gasteiger partial charge in [-0.25, -0.2) is 4.39 Å². The number of carbonyl (C=O) groups excluding carboxylic acids is 1. The highest BCUT2D eigenvalue weighted by atomic mass is 19.1. The van der Waals surface area contributed by atoms with Crippen molar-refractivity contribution in [2.24, 2.45) is 0 Å². The predicted octanol–water partition coefficient (Wildman–Crippen LogP) is 5.20. The Hall–Kier alpha value is -4.25. The van der Waals surface area contributed by atoms with Gasteiger partial charge in [0.25, 0.3) is 0 Å². The van der Waals surface area contributed by atoms with Crippen LogP contribution in [0.3, 0.4) is 0 Å². The molecule has 0 aliphatic rings. The van der Waals surface area contributed by atoms with Gasteiger partial charge in [0.15, 0.2) is 5.43 Å². The van der Waals surface area contributed by atoms with Crippen molar-refractivity contribution in [2.45, 2.75) is 12.6 Å².